The maximum Gasteiger partial charge on any atom is 0.184 e. The van der Waals surface area contributed by atoms with Crippen LogP contribution in [-0.2, 0) is 6.42 Å². The molecule has 9 heteroatoms. The number of aromatic hydroxyl groups is 4. The van der Waals surface area contributed by atoms with Crippen LogP contribution in [0.2, 0.25) is 0 Å². The maximum atomic E-state index is 15.6. The minimum absolute atomic E-state index is 0.109. The number of fused-ring (bicyclic) bond motifs is 2. The number of hydrogen-bond acceptors (Lipinski definition) is 6. The normalized spacial score (nSPS) is 12.3. The van der Waals surface area contributed by atoms with Crippen LogP contribution in [0.15, 0.2) is 72.9 Å². The van der Waals surface area contributed by atoms with Gasteiger partial charge in [0.1, 0.15) is 34.3 Å². The Balaban J connectivity index is 1.27. The van der Waals surface area contributed by atoms with Crippen molar-refractivity contribution in [1.82, 2.24) is 9.97 Å². The van der Waals surface area contributed by atoms with E-state index < -0.39 is 17.5 Å². The molecule has 0 amide bonds. The average Bonchev–Trinajstić information content (AvgIpc) is 2.98. The Morgan fingerprint density at radius 3 is 1.98 bits per heavy atom. The zero-order valence-corrected chi connectivity index (χ0v) is 24.6. The van der Waals surface area contributed by atoms with Crippen molar-refractivity contribution in [2.75, 3.05) is 0 Å². The van der Waals surface area contributed by atoms with Crippen molar-refractivity contribution in [2.45, 2.75) is 39.0 Å². The molecule has 6 rings (SSSR count). The number of aromatic nitrogens is 2. The van der Waals surface area contributed by atoms with Crippen LogP contribution in [0.5, 0.6) is 23.0 Å². The summed E-state index contributed by atoms with van der Waals surface area (Å²) >= 11 is 0. The van der Waals surface area contributed by atoms with Crippen LogP contribution in [0, 0.1) is 17.5 Å². The number of phenolic OH excluding ortho intramolecular Hbond substituents is 4. The van der Waals surface area contributed by atoms with Gasteiger partial charge < -0.3 is 20.4 Å². The SMILES string of the molecule is CC(C)c1c(O)cc(-c2ccc3nc(CC(C)c4c(O)cc(-c5cnc6c(F)c(F)ccc6c5)cc4O)ccc3c2F)cc1O. The molecule has 1 atom stereocenters. The van der Waals surface area contributed by atoms with Crippen molar-refractivity contribution in [3.63, 3.8) is 0 Å². The quantitative estimate of drug-likeness (QED) is 0.150. The molecule has 0 fully saturated rings. The summed E-state index contributed by atoms with van der Waals surface area (Å²) in [5.74, 6) is -3.62. The number of halogens is 3. The Morgan fingerprint density at radius 2 is 1.31 bits per heavy atom. The predicted molar refractivity (Wildman–Crippen MR) is 167 cm³/mol. The van der Waals surface area contributed by atoms with Crippen molar-refractivity contribution in [3.8, 4) is 45.3 Å². The van der Waals surface area contributed by atoms with Gasteiger partial charge in [0, 0.05) is 44.9 Å². The fourth-order valence-electron chi connectivity index (χ4n) is 5.93. The van der Waals surface area contributed by atoms with Crippen molar-refractivity contribution < 1.29 is 33.6 Å². The average molecular weight is 611 g/mol. The summed E-state index contributed by atoms with van der Waals surface area (Å²) in [6.07, 6.45) is 1.67. The van der Waals surface area contributed by atoms with Gasteiger partial charge in [-0.1, -0.05) is 20.8 Å². The first-order valence-corrected chi connectivity index (χ1v) is 14.4. The van der Waals surface area contributed by atoms with Crippen LogP contribution in [0.3, 0.4) is 0 Å². The van der Waals surface area contributed by atoms with E-state index in [2.05, 4.69) is 9.97 Å². The van der Waals surface area contributed by atoms with E-state index in [9.17, 15) is 29.2 Å². The molecule has 0 saturated heterocycles. The minimum atomic E-state index is -1.05. The van der Waals surface area contributed by atoms with Crippen molar-refractivity contribution in [2.24, 2.45) is 0 Å². The Kier molecular flexibility index (Phi) is 7.48. The van der Waals surface area contributed by atoms with E-state index in [1.165, 1.54) is 36.5 Å². The van der Waals surface area contributed by atoms with Gasteiger partial charge in [0.25, 0.3) is 0 Å². The van der Waals surface area contributed by atoms with Gasteiger partial charge in [0.2, 0.25) is 0 Å². The molecule has 6 aromatic rings. The standard InChI is InChI=1S/C36H29F3N2O4/c1-17(2)32-28(42)14-21(15-29(32)43)24-7-9-27-25(34(24)38)6-5-23(41-27)10-18(3)33-30(44)12-20(13-31(33)45)22-11-19-4-8-26(37)35(39)36(19)40-16-22/h4-9,11-18,42-45H,10H2,1-3H3. The summed E-state index contributed by atoms with van der Waals surface area (Å²) in [5.41, 5.74) is 3.07. The molecule has 0 spiro atoms. The molecule has 45 heavy (non-hydrogen) atoms. The van der Waals surface area contributed by atoms with E-state index in [0.717, 1.165) is 6.07 Å². The maximum absolute atomic E-state index is 15.6. The Morgan fingerprint density at radius 1 is 0.667 bits per heavy atom. The first-order valence-electron chi connectivity index (χ1n) is 14.4. The lowest BCUT2D eigenvalue weighted by molar-refractivity contribution is 0.430. The molecule has 0 aliphatic heterocycles. The summed E-state index contributed by atoms with van der Waals surface area (Å²) in [5, 5.41) is 43.3. The molecule has 0 aliphatic rings. The van der Waals surface area contributed by atoms with Gasteiger partial charge in [-0.25, -0.2) is 13.2 Å². The number of phenols is 4. The lowest BCUT2D eigenvalue weighted by Crippen LogP contribution is -2.02. The number of rotatable bonds is 6. The van der Waals surface area contributed by atoms with Gasteiger partial charge >= 0.3 is 0 Å². The molecule has 0 aliphatic carbocycles. The van der Waals surface area contributed by atoms with Gasteiger partial charge in [0.15, 0.2) is 11.6 Å². The van der Waals surface area contributed by atoms with Crippen LogP contribution in [0.25, 0.3) is 44.1 Å². The highest BCUT2D eigenvalue weighted by Crippen LogP contribution is 2.41. The third-order valence-corrected chi connectivity index (χ3v) is 8.11. The third-order valence-electron chi connectivity index (χ3n) is 8.11. The largest absolute Gasteiger partial charge is 0.507 e. The highest BCUT2D eigenvalue weighted by Gasteiger charge is 2.21. The van der Waals surface area contributed by atoms with Crippen LogP contribution < -0.4 is 0 Å². The molecule has 4 aromatic carbocycles. The van der Waals surface area contributed by atoms with Crippen molar-refractivity contribution in [3.05, 3.63) is 107 Å². The Hall–Kier alpha value is -5.31. The van der Waals surface area contributed by atoms with E-state index >= 15 is 4.39 Å². The van der Waals surface area contributed by atoms with E-state index in [4.69, 9.17) is 0 Å². The molecule has 228 valence electrons. The predicted octanol–water partition coefficient (Wildman–Crippen LogP) is 8.83. The summed E-state index contributed by atoms with van der Waals surface area (Å²) < 4.78 is 43.3. The highest BCUT2D eigenvalue weighted by atomic mass is 19.2. The first kappa shape index (κ1) is 29.7. The van der Waals surface area contributed by atoms with E-state index in [0.29, 0.717) is 50.8 Å². The fraction of sp³-hybridized carbons (Fsp3) is 0.167. The van der Waals surface area contributed by atoms with Crippen molar-refractivity contribution in [1.29, 1.82) is 0 Å². The smallest absolute Gasteiger partial charge is 0.184 e. The zero-order valence-electron chi connectivity index (χ0n) is 24.6. The molecule has 1 unspecified atom stereocenters. The molecule has 4 N–H and O–H groups in total. The molecular formula is C36H29F3N2O4. The second-order valence-electron chi connectivity index (χ2n) is 11.6. The number of benzene rings is 4. The lowest BCUT2D eigenvalue weighted by Gasteiger charge is -2.17. The van der Waals surface area contributed by atoms with Gasteiger partial charge in [-0.2, -0.15) is 0 Å². The summed E-state index contributed by atoms with van der Waals surface area (Å²) in [4.78, 5) is 8.63. The second kappa shape index (κ2) is 11.3. The molecule has 0 saturated carbocycles. The first-order chi connectivity index (χ1) is 21.4. The summed E-state index contributed by atoms with van der Waals surface area (Å²) in [7, 11) is 0. The molecule has 2 aromatic heterocycles. The van der Waals surface area contributed by atoms with E-state index in [-0.39, 0.29) is 51.3 Å². The number of pyridine rings is 2. The molecular weight excluding hydrogens is 581 g/mol. The monoisotopic (exact) mass is 610 g/mol. The van der Waals surface area contributed by atoms with Crippen LogP contribution in [0.4, 0.5) is 13.2 Å². The van der Waals surface area contributed by atoms with Gasteiger partial charge in [-0.3, -0.25) is 9.97 Å². The van der Waals surface area contributed by atoms with Gasteiger partial charge in [-0.05, 0) is 96.1 Å². The highest BCUT2D eigenvalue weighted by molar-refractivity contribution is 5.87. The Labute approximate surface area is 256 Å². The molecule has 0 radical (unpaired) electrons. The van der Waals surface area contributed by atoms with Crippen molar-refractivity contribution >= 4 is 21.8 Å². The minimum Gasteiger partial charge on any atom is -0.507 e. The second-order valence-corrected chi connectivity index (χ2v) is 11.6. The van der Waals surface area contributed by atoms with E-state index in [1.54, 1.807) is 30.3 Å². The van der Waals surface area contributed by atoms with Gasteiger partial charge in [0.05, 0.1) is 5.52 Å². The summed E-state index contributed by atoms with van der Waals surface area (Å²) in [6.45, 7) is 5.50. The topological polar surface area (TPSA) is 107 Å². The third kappa shape index (κ3) is 5.35. The summed E-state index contributed by atoms with van der Waals surface area (Å²) in [6, 6.07) is 16.3. The van der Waals surface area contributed by atoms with Gasteiger partial charge in [-0.15, -0.1) is 0 Å². The number of hydrogen-bond donors (Lipinski definition) is 4. The molecule has 2 heterocycles. The fourth-order valence-corrected chi connectivity index (χ4v) is 5.93. The van der Waals surface area contributed by atoms with E-state index in [1.807, 2.05) is 20.8 Å². The van der Waals surface area contributed by atoms with Crippen LogP contribution in [0.1, 0.15) is 49.4 Å². The molecule has 0 bridgehead atoms. The van der Waals surface area contributed by atoms with Crippen LogP contribution in [-0.4, -0.2) is 30.4 Å². The number of nitrogens with zero attached hydrogens (tertiary/aromatic N) is 2. The molecule has 6 nitrogen and oxygen atoms in total. The van der Waals surface area contributed by atoms with Crippen LogP contribution >= 0.6 is 0 Å². The Bertz CT molecular complexity index is 2080. The zero-order chi connectivity index (χ0) is 32.2. The lowest BCUT2D eigenvalue weighted by atomic mass is 9.91.